The van der Waals surface area contributed by atoms with Crippen LogP contribution in [-0.4, -0.2) is 24.2 Å². The first-order chi connectivity index (χ1) is 9.88. The molecule has 0 bridgehead atoms. The van der Waals surface area contributed by atoms with E-state index < -0.39 is 18.0 Å². The Balaban J connectivity index is 1.90. The fourth-order valence-electron chi connectivity index (χ4n) is 3.54. The predicted molar refractivity (Wildman–Crippen MR) is 74.5 cm³/mol. The van der Waals surface area contributed by atoms with Crippen molar-refractivity contribution in [3.63, 3.8) is 0 Å². The van der Waals surface area contributed by atoms with E-state index in [1.165, 1.54) is 0 Å². The van der Waals surface area contributed by atoms with Gasteiger partial charge in [-0.25, -0.2) is 0 Å². The van der Waals surface area contributed by atoms with Crippen molar-refractivity contribution >= 4 is 5.91 Å². The standard InChI is InChI=1S/C15H25F3N2O/c16-15(17,18)11-6-4-5-10(9-11)14(21)20-13-8-3-1-2-7-12(13)19/h10-13H,1-9,19H2,(H,20,21). The smallest absolute Gasteiger partial charge is 0.352 e. The zero-order valence-electron chi connectivity index (χ0n) is 12.3. The minimum atomic E-state index is -4.18. The van der Waals surface area contributed by atoms with Crippen molar-refractivity contribution in [2.45, 2.75) is 76.0 Å². The van der Waals surface area contributed by atoms with Crippen LogP contribution in [0.2, 0.25) is 0 Å². The lowest BCUT2D eigenvalue weighted by Crippen LogP contribution is -2.49. The van der Waals surface area contributed by atoms with E-state index >= 15 is 0 Å². The van der Waals surface area contributed by atoms with Crippen molar-refractivity contribution in [2.24, 2.45) is 17.6 Å². The van der Waals surface area contributed by atoms with Crippen molar-refractivity contribution in [3.05, 3.63) is 0 Å². The van der Waals surface area contributed by atoms with Crippen LogP contribution in [0.3, 0.4) is 0 Å². The van der Waals surface area contributed by atoms with E-state index in [0.29, 0.717) is 12.8 Å². The summed E-state index contributed by atoms with van der Waals surface area (Å²) in [7, 11) is 0. The van der Waals surface area contributed by atoms with Crippen LogP contribution in [0.4, 0.5) is 13.2 Å². The Morgan fingerprint density at radius 2 is 1.71 bits per heavy atom. The predicted octanol–water partition coefficient (Wildman–Crippen LogP) is 3.13. The summed E-state index contributed by atoms with van der Waals surface area (Å²) in [5.41, 5.74) is 6.06. The number of rotatable bonds is 2. The number of nitrogens with one attached hydrogen (secondary N) is 1. The molecule has 2 aliphatic rings. The van der Waals surface area contributed by atoms with Gasteiger partial charge in [0.2, 0.25) is 5.91 Å². The van der Waals surface area contributed by atoms with Crippen LogP contribution in [0.15, 0.2) is 0 Å². The first-order valence-electron chi connectivity index (χ1n) is 8.00. The number of halogens is 3. The monoisotopic (exact) mass is 306 g/mol. The molecule has 3 N–H and O–H groups in total. The van der Waals surface area contributed by atoms with Gasteiger partial charge in [0, 0.05) is 18.0 Å². The topological polar surface area (TPSA) is 55.1 Å². The van der Waals surface area contributed by atoms with Crippen LogP contribution in [0.5, 0.6) is 0 Å². The minimum absolute atomic E-state index is 0.0709. The Morgan fingerprint density at radius 1 is 1.00 bits per heavy atom. The van der Waals surface area contributed by atoms with Gasteiger partial charge in [0.25, 0.3) is 0 Å². The molecule has 4 atom stereocenters. The van der Waals surface area contributed by atoms with Crippen molar-refractivity contribution in [3.8, 4) is 0 Å². The summed E-state index contributed by atoms with van der Waals surface area (Å²) in [6.07, 6.45) is 1.83. The molecule has 0 spiro atoms. The highest BCUT2D eigenvalue weighted by atomic mass is 19.4. The molecule has 2 rings (SSSR count). The highest BCUT2D eigenvalue weighted by Crippen LogP contribution is 2.40. The fourth-order valence-corrected chi connectivity index (χ4v) is 3.54. The molecule has 6 heteroatoms. The molecule has 4 unspecified atom stereocenters. The summed E-state index contributed by atoms with van der Waals surface area (Å²) < 4.78 is 38.4. The fraction of sp³-hybridized carbons (Fsp3) is 0.933. The Kier molecular flexibility index (Phi) is 5.52. The van der Waals surface area contributed by atoms with Crippen LogP contribution in [-0.2, 0) is 4.79 Å². The van der Waals surface area contributed by atoms with Crippen LogP contribution in [0.25, 0.3) is 0 Å². The highest BCUT2D eigenvalue weighted by Gasteiger charge is 2.43. The lowest BCUT2D eigenvalue weighted by molar-refractivity contribution is -0.186. The third-order valence-electron chi connectivity index (χ3n) is 4.90. The van der Waals surface area contributed by atoms with E-state index in [9.17, 15) is 18.0 Å². The molecule has 3 nitrogen and oxygen atoms in total. The minimum Gasteiger partial charge on any atom is -0.352 e. The van der Waals surface area contributed by atoms with Crippen molar-refractivity contribution in [1.82, 2.24) is 5.32 Å². The maximum absolute atomic E-state index is 12.8. The number of carbonyl (C=O) groups excluding carboxylic acids is 1. The Bertz CT molecular complexity index is 359. The molecule has 0 aromatic heterocycles. The second kappa shape index (κ2) is 6.99. The van der Waals surface area contributed by atoms with Gasteiger partial charge in [0.15, 0.2) is 0 Å². The maximum Gasteiger partial charge on any atom is 0.391 e. The number of alkyl halides is 3. The van der Waals surface area contributed by atoms with Crippen LogP contribution in [0, 0.1) is 11.8 Å². The van der Waals surface area contributed by atoms with E-state index in [-0.39, 0.29) is 30.8 Å². The van der Waals surface area contributed by atoms with E-state index in [4.69, 9.17) is 5.73 Å². The Labute approximate surface area is 123 Å². The van der Waals surface area contributed by atoms with E-state index in [0.717, 1.165) is 32.1 Å². The van der Waals surface area contributed by atoms with Crippen molar-refractivity contribution < 1.29 is 18.0 Å². The number of hydrogen-bond donors (Lipinski definition) is 2. The summed E-state index contributed by atoms with van der Waals surface area (Å²) in [5.74, 6) is -2.07. The van der Waals surface area contributed by atoms with Gasteiger partial charge in [0.1, 0.15) is 0 Å². The summed E-state index contributed by atoms with van der Waals surface area (Å²) in [6, 6.07) is -0.148. The number of carbonyl (C=O) groups is 1. The second-order valence-corrected chi connectivity index (χ2v) is 6.52. The molecule has 2 saturated carbocycles. The van der Waals surface area contributed by atoms with Crippen LogP contribution < -0.4 is 11.1 Å². The van der Waals surface area contributed by atoms with Gasteiger partial charge in [-0.05, 0) is 32.1 Å². The Hall–Kier alpha value is -0.780. The first-order valence-corrected chi connectivity index (χ1v) is 8.00. The molecule has 2 aliphatic carbocycles. The summed E-state index contributed by atoms with van der Waals surface area (Å²) in [4.78, 5) is 12.3. The van der Waals surface area contributed by atoms with Gasteiger partial charge >= 0.3 is 6.18 Å². The average molecular weight is 306 g/mol. The third-order valence-corrected chi connectivity index (χ3v) is 4.90. The molecule has 0 radical (unpaired) electrons. The number of hydrogen-bond acceptors (Lipinski definition) is 2. The largest absolute Gasteiger partial charge is 0.391 e. The van der Waals surface area contributed by atoms with Gasteiger partial charge < -0.3 is 11.1 Å². The van der Waals surface area contributed by atoms with Gasteiger partial charge in [0.05, 0.1) is 5.92 Å². The highest BCUT2D eigenvalue weighted by molar-refractivity contribution is 5.79. The van der Waals surface area contributed by atoms with Gasteiger partial charge in [-0.3, -0.25) is 4.79 Å². The summed E-state index contributed by atoms with van der Waals surface area (Å²) in [5, 5.41) is 2.92. The molecule has 2 fully saturated rings. The van der Waals surface area contributed by atoms with Crippen molar-refractivity contribution in [2.75, 3.05) is 0 Å². The molecular formula is C15H25F3N2O. The van der Waals surface area contributed by atoms with E-state index in [1.54, 1.807) is 0 Å². The molecule has 21 heavy (non-hydrogen) atoms. The summed E-state index contributed by atoms with van der Waals surface area (Å²) in [6.45, 7) is 0. The van der Waals surface area contributed by atoms with E-state index in [1.807, 2.05) is 0 Å². The first kappa shape index (κ1) is 16.6. The lowest BCUT2D eigenvalue weighted by atomic mass is 9.80. The molecule has 1 amide bonds. The van der Waals surface area contributed by atoms with Crippen LogP contribution >= 0.6 is 0 Å². The van der Waals surface area contributed by atoms with E-state index in [2.05, 4.69) is 5.32 Å². The Morgan fingerprint density at radius 3 is 2.43 bits per heavy atom. The van der Waals surface area contributed by atoms with Gasteiger partial charge in [-0.15, -0.1) is 0 Å². The summed E-state index contributed by atoms with van der Waals surface area (Å²) >= 11 is 0. The zero-order valence-corrected chi connectivity index (χ0v) is 12.3. The molecular weight excluding hydrogens is 281 g/mol. The van der Waals surface area contributed by atoms with Crippen LogP contribution in [0.1, 0.15) is 57.8 Å². The van der Waals surface area contributed by atoms with Gasteiger partial charge in [-0.2, -0.15) is 13.2 Å². The molecule has 0 aromatic rings. The average Bonchev–Trinajstić information content (AvgIpc) is 2.63. The molecule has 122 valence electrons. The second-order valence-electron chi connectivity index (χ2n) is 6.52. The number of nitrogens with two attached hydrogens (primary N) is 1. The van der Waals surface area contributed by atoms with Gasteiger partial charge in [-0.1, -0.05) is 25.7 Å². The maximum atomic E-state index is 12.8. The molecule has 0 aromatic carbocycles. The molecule has 0 aliphatic heterocycles. The SMILES string of the molecule is NC1CCCCCC1NC(=O)C1CCCC(C(F)(F)F)C1. The quantitative estimate of drug-likeness (QED) is 0.770. The van der Waals surface area contributed by atoms with Crippen molar-refractivity contribution in [1.29, 1.82) is 0 Å². The lowest BCUT2D eigenvalue weighted by Gasteiger charge is -2.31. The molecule has 0 saturated heterocycles. The normalized spacial score (nSPS) is 35.0. The number of amides is 1. The molecule has 0 heterocycles. The third kappa shape index (κ3) is 4.59. The zero-order chi connectivity index (χ0) is 15.5.